The van der Waals surface area contributed by atoms with Crippen LogP contribution in [0.1, 0.15) is 27.4 Å². The van der Waals surface area contributed by atoms with Crippen LogP contribution in [-0.4, -0.2) is 28.8 Å². The summed E-state index contributed by atoms with van der Waals surface area (Å²) in [5, 5.41) is 10.4. The van der Waals surface area contributed by atoms with Crippen molar-refractivity contribution in [1.82, 2.24) is 4.98 Å². The predicted molar refractivity (Wildman–Crippen MR) is 120 cm³/mol. The number of Topliss-reactive ketones (excluding diaryl/α,β-unsaturated/α-hetero) is 1. The average Bonchev–Trinajstić information content (AvgIpc) is 3.16. The molecule has 0 bridgehead atoms. The highest BCUT2D eigenvalue weighted by atomic mass is 19.1. The topological polar surface area (TPSA) is 100 Å². The number of pyridine rings is 1. The lowest BCUT2D eigenvalue weighted by Crippen LogP contribution is -2.49. The molecule has 5 rings (SSSR count). The number of hydrogen-bond acceptors (Lipinski definition) is 5. The molecule has 1 saturated heterocycles. The number of amides is 1. The van der Waals surface area contributed by atoms with Crippen LogP contribution in [0, 0.1) is 22.6 Å². The van der Waals surface area contributed by atoms with Crippen LogP contribution in [0.5, 0.6) is 0 Å². The van der Waals surface area contributed by atoms with Gasteiger partial charge in [0.05, 0.1) is 12.1 Å². The summed E-state index contributed by atoms with van der Waals surface area (Å²) in [5.74, 6) is -2.37. The molecule has 1 amide bonds. The molecule has 1 aromatic heterocycles. The van der Waals surface area contributed by atoms with Crippen molar-refractivity contribution in [3.63, 3.8) is 0 Å². The number of primary amides is 1. The number of fused-ring (bicyclic) bond motifs is 3. The first-order valence-corrected chi connectivity index (χ1v) is 10.5. The quantitative estimate of drug-likeness (QED) is 0.629. The van der Waals surface area contributed by atoms with Crippen LogP contribution in [0.25, 0.3) is 6.08 Å². The molecule has 3 heterocycles. The minimum Gasteiger partial charge on any atom is -0.368 e. The van der Waals surface area contributed by atoms with Crippen molar-refractivity contribution < 1.29 is 14.0 Å². The van der Waals surface area contributed by atoms with Crippen LogP contribution >= 0.6 is 0 Å². The summed E-state index contributed by atoms with van der Waals surface area (Å²) in [5.41, 5.74) is 6.35. The molecule has 0 radical (unpaired) electrons. The maximum absolute atomic E-state index is 14.0. The summed E-state index contributed by atoms with van der Waals surface area (Å²) in [6.45, 7) is 0. The zero-order chi connectivity index (χ0) is 23.2. The summed E-state index contributed by atoms with van der Waals surface area (Å²) >= 11 is 0. The Kier molecular flexibility index (Phi) is 4.79. The van der Waals surface area contributed by atoms with E-state index < -0.39 is 35.1 Å². The fourth-order valence-corrected chi connectivity index (χ4v) is 5.18. The highest BCUT2D eigenvalue weighted by Gasteiger charge is 2.65. The third-order valence-corrected chi connectivity index (χ3v) is 6.58. The standard InChI is InChI=1S/C26H19FN4O2/c27-19-7-8-20-18(14-19)6-9-21-26(15-28,25(29)33)22(16-10-12-30-13-11-16)23(31(20)21)24(32)17-4-2-1-3-5-17/h1-14,21-23H,(H2,29,33)/t21-,22-,23+,26+/m1/s1. The lowest BCUT2D eigenvalue weighted by Gasteiger charge is -2.36. The number of nitriles is 1. The van der Waals surface area contributed by atoms with E-state index in [1.807, 2.05) is 0 Å². The molecule has 162 valence electrons. The third-order valence-electron chi connectivity index (χ3n) is 6.58. The zero-order valence-electron chi connectivity index (χ0n) is 17.4. The Morgan fingerprint density at radius 1 is 1.09 bits per heavy atom. The van der Waals surface area contributed by atoms with Crippen molar-refractivity contribution in [3.8, 4) is 6.07 Å². The van der Waals surface area contributed by atoms with Crippen molar-refractivity contribution >= 4 is 23.5 Å². The monoisotopic (exact) mass is 438 g/mol. The maximum atomic E-state index is 14.0. The van der Waals surface area contributed by atoms with Crippen LogP contribution in [0.4, 0.5) is 10.1 Å². The number of carbonyl (C=O) groups excluding carboxylic acids is 2. The van der Waals surface area contributed by atoms with E-state index >= 15 is 0 Å². The van der Waals surface area contributed by atoms with E-state index in [0.717, 1.165) is 0 Å². The summed E-state index contributed by atoms with van der Waals surface area (Å²) in [7, 11) is 0. The highest BCUT2D eigenvalue weighted by Crippen LogP contribution is 2.55. The first-order chi connectivity index (χ1) is 16.0. The number of hydrogen-bond donors (Lipinski definition) is 1. The number of halogens is 1. The van der Waals surface area contributed by atoms with Gasteiger partial charge in [-0.3, -0.25) is 14.6 Å². The van der Waals surface area contributed by atoms with Crippen LogP contribution in [-0.2, 0) is 4.79 Å². The SMILES string of the molecule is N#C[C@@]1(C(N)=O)[C@H](c2ccncc2)[C@@H](C(=O)c2ccccc2)N2c3ccc(F)cc3C=C[C@@H]21. The molecule has 4 atom stereocenters. The van der Waals surface area contributed by atoms with Crippen molar-refractivity contribution in [3.05, 3.63) is 102 Å². The smallest absolute Gasteiger partial charge is 0.241 e. The predicted octanol–water partition coefficient (Wildman–Crippen LogP) is 3.47. The van der Waals surface area contributed by atoms with Gasteiger partial charge in [0.25, 0.3) is 0 Å². The number of benzene rings is 2. The van der Waals surface area contributed by atoms with Gasteiger partial charge < -0.3 is 10.6 Å². The Bertz CT molecular complexity index is 1320. The second-order valence-corrected chi connectivity index (χ2v) is 8.19. The van der Waals surface area contributed by atoms with E-state index in [1.165, 1.54) is 12.1 Å². The normalized spacial score (nSPS) is 25.1. The first kappa shape index (κ1) is 20.6. The maximum Gasteiger partial charge on any atom is 0.241 e. The Hall–Kier alpha value is -4.31. The lowest BCUT2D eigenvalue weighted by molar-refractivity contribution is -0.125. The molecule has 1 fully saturated rings. The molecule has 0 saturated carbocycles. The van der Waals surface area contributed by atoms with Crippen molar-refractivity contribution in [2.75, 3.05) is 4.90 Å². The van der Waals surface area contributed by atoms with E-state index in [-0.39, 0.29) is 5.78 Å². The van der Waals surface area contributed by atoms with Gasteiger partial charge in [-0.25, -0.2) is 4.39 Å². The van der Waals surface area contributed by atoms with Crippen molar-refractivity contribution in [2.24, 2.45) is 11.1 Å². The summed E-state index contributed by atoms with van der Waals surface area (Å²) < 4.78 is 14.0. The van der Waals surface area contributed by atoms with Gasteiger partial charge in [-0.15, -0.1) is 0 Å². The first-order valence-electron chi connectivity index (χ1n) is 10.5. The highest BCUT2D eigenvalue weighted by molar-refractivity contribution is 6.06. The number of anilines is 1. The van der Waals surface area contributed by atoms with Gasteiger partial charge in [-0.2, -0.15) is 5.26 Å². The Morgan fingerprint density at radius 2 is 1.82 bits per heavy atom. The fraction of sp³-hybridized carbons (Fsp3) is 0.154. The van der Waals surface area contributed by atoms with Crippen LogP contribution < -0.4 is 10.6 Å². The van der Waals surface area contributed by atoms with Gasteiger partial charge in [-0.05, 0) is 35.9 Å². The second kappa shape index (κ2) is 7.68. The fourth-order valence-electron chi connectivity index (χ4n) is 5.18. The molecule has 0 aliphatic carbocycles. The van der Waals surface area contributed by atoms with Gasteiger partial charge in [-0.1, -0.05) is 42.5 Å². The van der Waals surface area contributed by atoms with Gasteiger partial charge in [0.15, 0.2) is 11.2 Å². The van der Waals surface area contributed by atoms with Gasteiger partial charge in [0.1, 0.15) is 11.9 Å². The molecule has 33 heavy (non-hydrogen) atoms. The number of aromatic nitrogens is 1. The van der Waals surface area contributed by atoms with Gasteiger partial charge in [0, 0.05) is 35.1 Å². The van der Waals surface area contributed by atoms with E-state index in [2.05, 4.69) is 11.1 Å². The Balaban J connectivity index is 1.81. The average molecular weight is 438 g/mol. The van der Waals surface area contributed by atoms with Crippen molar-refractivity contribution in [2.45, 2.75) is 18.0 Å². The molecule has 6 nitrogen and oxygen atoms in total. The lowest BCUT2D eigenvalue weighted by atomic mass is 9.67. The number of nitrogens with zero attached hydrogens (tertiary/aromatic N) is 3. The van der Waals surface area contributed by atoms with Crippen LogP contribution in [0.15, 0.2) is 79.1 Å². The minimum atomic E-state index is -1.74. The number of carbonyl (C=O) groups is 2. The number of nitrogens with two attached hydrogens (primary N) is 1. The summed E-state index contributed by atoms with van der Waals surface area (Å²) in [6, 6.07) is 16.8. The van der Waals surface area contributed by atoms with Crippen LogP contribution in [0.3, 0.4) is 0 Å². The molecule has 2 aromatic carbocycles. The van der Waals surface area contributed by atoms with Gasteiger partial charge in [0.2, 0.25) is 5.91 Å². The molecule has 0 unspecified atom stereocenters. The largest absolute Gasteiger partial charge is 0.368 e. The molecule has 2 N–H and O–H groups in total. The van der Waals surface area contributed by atoms with E-state index in [1.54, 1.807) is 78.0 Å². The molecule has 7 heteroatoms. The second-order valence-electron chi connectivity index (χ2n) is 8.19. The van der Waals surface area contributed by atoms with E-state index in [4.69, 9.17) is 5.73 Å². The van der Waals surface area contributed by atoms with E-state index in [9.17, 15) is 19.2 Å². The Labute approximate surface area is 189 Å². The molecular formula is C26H19FN4O2. The number of ketones is 1. The minimum absolute atomic E-state index is 0.258. The third kappa shape index (κ3) is 2.95. The van der Waals surface area contributed by atoms with Crippen LogP contribution in [0.2, 0.25) is 0 Å². The summed E-state index contributed by atoms with van der Waals surface area (Å²) in [6.07, 6.45) is 6.45. The van der Waals surface area contributed by atoms with Gasteiger partial charge >= 0.3 is 0 Å². The molecule has 2 aliphatic heterocycles. The number of rotatable bonds is 4. The summed E-state index contributed by atoms with van der Waals surface area (Å²) in [4.78, 5) is 32.8. The molecule has 3 aromatic rings. The molecular weight excluding hydrogens is 419 g/mol. The zero-order valence-corrected chi connectivity index (χ0v) is 17.4. The van der Waals surface area contributed by atoms with Crippen molar-refractivity contribution in [1.29, 1.82) is 5.26 Å². The molecule has 2 aliphatic rings. The molecule has 0 spiro atoms. The Morgan fingerprint density at radius 3 is 2.48 bits per heavy atom. The van der Waals surface area contributed by atoms with E-state index in [0.29, 0.717) is 22.4 Å².